The average Bonchev–Trinajstić information content (AvgIpc) is 2.17. The molecule has 0 fully saturated rings. The summed E-state index contributed by atoms with van der Waals surface area (Å²) in [5.74, 6) is 1.25. The summed E-state index contributed by atoms with van der Waals surface area (Å²) in [6.45, 7) is 8.83. The van der Waals surface area contributed by atoms with Crippen LogP contribution in [0.4, 0.5) is 0 Å². The summed E-state index contributed by atoms with van der Waals surface area (Å²) >= 11 is 0. The van der Waals surface area contributed by atoms with Crippen LogP contribution in [0, 0.1) is 5.92 Å². The van der Waals surface area contributed by atoms with Crippen molar-refractivity contribution in [2.75, 3.05) is 7.11 Å². The van der Waals surface area contributed by atoms with E-state index in [1.165, 1.54) is 0 Å². The molecule has 0 atom stereocenters. The molecule has 0 unspecified atom stereocenters. The van der Waals surface area contributed by atoms with Crippen LogP contribution in [0.5, 0.6) is 5.88 Å². The standard InChI is InChI=1S/C12H19NO/c1-9(2)12(3,4)10-7-6-8-11(13-10)14-5/h6-9H,1-5H3. The molecule has 0 aliphatic heterocycles. The van der Waals surface area contributed by atoms with Gasteiger partial charge in [0.25, 0.3) is 0 Å². The van der Waals surface area contributed by atoms with E-state index in [9.17, 15) is 0 Å². The monoisotopic (exact) mass is 193 g/mol. The van der Waals surface area contributed by atoms with Crippen LogP contribution in [0.3, 0.4) is 0 Å². The lowest BCUT2D eigenvalue weighted by molar-refractivity contribution is 0.348. The summed E-state index contributed by atoms with van der Waals surface area (Å²) in [6.07, 6.45) is 0. The number of hydrogen-bond acceptors (Lipinski definition) is 2. The molecule has 0 bridgehead atoms. The molecule has 0 amide bonds. The molecule has 1 aromatic rings. The Morgan fingerprint density at radius 3 is 2.43 bits per heavy atom. The first-order chi connectivity index (χ1) is 6.48. The molecule has 0 aromatic carbocycles. The van der Waals surface area contributed by atoms with Crippen LogP contribution in [0.2, 0.25) is 0 Å². The summed E-state index contributed by atoms with van der Waals surface area (Å²) < 4.78 is 5.12. The molecule has 14 heavy (non-hydrogen) atoms. The fourth-order valence-electron chi connectivity index (χ4n) is 1.18. The van der Waals surface area contributed by atoms with Crippen molar-refractivity contribution in [2.45, 2.75) is 33.1 Å². The quantitative estimate of drug-likeness (QED) is 0.736. The Hall–Kier alpha value is -1.05. The van der Waals surface area contributed by atoms with Gasteiger partial charge in [-0.3, -0.25) is 0 Å². The molecule has 1 rings (SSSR count). The molecule has 0 saturated heterocycles. The maximum absolute atomic E-state index is 5.12. The molecule has 0 aliphatic rings. The Morgan fingerprint density at radius 1 is 1.29 bits per heavy atom. The third-order valence-corrected chi connectivity index (χ3v) is 3.04. The first kappa shape index (κ1) is 11.0. The number of methoxy groups -OCH3 is 1. The minimum absolute atomic E-state index is 0.0918. The van der Waals surface area contributed by atoms with Crippen LogP contribution >= 0.6 is 0 Å². The zero-order chi connectivity index (χ0) is 10.8. The highest BCUT2D eigenvalue weighted by Crippen LogP contribution is 2.30. The van der Waals surface area contributed by atoms with Crippen LogP contribution in [0.25, 0.3) is 0 Å². The molecule has 1 aromatic heterocycles. The summed E-state index contributed by atoms with van der Waals surface area (Å²) in [5, 5.41) is 0. The Kier molecular flexibility index (Phi) is 3.14. The molecule has 2 nitrogen and oxygen atoms in total. The number of rotatable bonds is 3. The first-order valence-corrected chi connectivity index (χ1v) is 5.00. The van der Waals surface area contributed by atoms with Crippen LogP contribution < -0.4 is 4.74 Å². The van der Waals surface area contributed by atoms with Gasteiger partial charge in [0.15, 0.2) is 0 Å². The van der Waals surface area contributed by atoms with E-state index in [1.54, 1.807) is 7.11 Å². The lowest BCUT2D eigenvalue weighted by atomic mass is 9.78. The van der Waals surface area contributed by atoms with Crippen LogP contribution in [0.15, 0.2) is 18.2 Å². The van der Waals surface area contributed by atoms with Gasteiger partial charge in [-0.2, -0.15) is 0 Å². The maximum atomic E-state index is 5.12. The Morgan fingerprint density at radius 2 is 1.93 bits per heavy atom. The molecular weight excluding hydrogens is 174 g/mol. The Bertz CT molecular complexity index is 305. The summed E-state index contributed by atoms with van der Waals surface area (Å²) in [4.78, 5) is 4.46. The predicted molar refractivity (Wildman–Crippen MR) is 58.7 cm³/mol. The van der Waals surface area contributed by atoms with E-state index in [4.69, 9.17) is 4.74 Å². The maximum Gasteiger partial charge on any atom is 0.213 e. The van der Waals surface area contributed by atoms with Gasteiger partial charge < -0.3 is 4.74 Å². The van der Waals surface area contributed by atoms with E-state index < -0.39 is 0 Å². The topological polar surface area (TPSA) is 22.1 Å². The molecule has 1 heterocycles. The second kappa shape index (κ2) is 3.99. The highest BCUT2D eigenvalue weighted by molar-refractivity contribution is 5.21. The highest BCUT2D eigenvalue weighted by atomic mass is 16.5. The number of hydrogen-bond donors (Lipinski definition) is 0. The van der Waals surface area contributed by atoms with Gasteiger partial charge in [-0.05, 0) is 12.0 Å². The van der Waals surface area contributed by atoms with Gasteiger partial charge in [0.2, 0.25) is 5.88 Å². The molecule has 0 N–H and O–H groups in total. The molecule has 78 valence electrons. The molecule has 0 radical (unpaired) electrons. The summed E-state index contributed by atoms with van der Waals surface area (Å²) in [6, 6.07) is 5.92. The third-order valence-electron chi connectivity index (χ3n) is 3.04. The van der Waals surface area contributed by atoms with E-state index in [2.05, 4.69) is 38.7 Å². The molecule has 0 saturated carbocycles. The summed E-state index contributed by atoms with van der Waals surface area (Å²) in [5.41, 5.74) is 1.18. The van der Waals surface area contributed by atoms with Crippen molar-refractivity contribution < 1.29 is 4.74 Å². The fourth-order valence-corrected chi connectivity index (χ4v) is 1.18. The Balaban J connectivity index is 3.06. The van der Waals surface area contributed by atoms with E-state index >= 15 is 0 Å². The van der Waals surface area contributed by atoms with Crippen molar-refractivity contribution in [1.82, 2.24) is 4.98 Å². The number of pyridine rings is 1. The van der Waals surface area contributed by atoms with Crippen molar-refractivity contribution in [3.63, 3.8) is 0 Å². The average molecular weight is 193 g/mol. The van der Waals surface area contributed by atoms with Crippen molar-refractivity contribution in [3.05, 3.63) is 23.9 Å². The number of aromatic nitrogens is 1. The summed E-state index contributed by atoms with van der Waals surface area (Å²) in [7, 11) is 1.65. The number of nitrogens with zero attached hydrogens (tertiary/aromatic N) is 1. The van der Waals surface area contributed by atoms with Gasteiger partial charge in [-0.15, -0.1) is 0 Å². The van der Waals surface area contributed by atoms with Gasteiger partial charge in [0, 0.05) is 11.5 Å². The van der Waals surface area contributed by atoms with Crippen molar-refractivity contribution in [2.24, 2.45) is 5.92 Å². The van der Waals surface area contributed by atoms with Gasteiger partial charge in [-0.25, -0.2) is 4.98 Å². The fraction of sp³-hybridized carbons (Fsp3) is 0.583. The van der Waals surface area contributed by atoms with E-state index in [0.29, 0.717) is 11.8 Å². The number of ether oxygens (including phenoxy) is 1. The molecule has 0 spiro atoms. The highest BCUT2D eigenvalue weighted by Gasteiger charge is 2.26. The second-order valence-electron chi connectivity index (χ2n) is 4.44. The SMILES string of the molecule is COc1cccc(C(C)(C)C(C)C)n1. The zero-order valence-corrected chi connectivity index (χ0v) is 9.66. The third kappa shape index (κ3) is 2.06. The second-order valence-corrected chi connectivity index (χ2v) is 4.44. The molecular formula is C12H19NO. The van der Waals surface area contributed by atoms with Gasteiger partial charge >= 0.3 is 0 Å². The molecule has 0 aliphatic carbocycles. The zero-order valence-electron chi connectivity index (χ0n) is 9.66. The molecule has 2 heteroatoms. The van der Waals surface area contributed by atoms with E-state index in [-0.39, 0.29) is 5.41 Å². The van der Waals surface area contributed by atoms with E-state index in [1.807, 2.05) is 12.1 Å². The van der Waals surface area contributed by atoms with Crippen LogP contribution in [-0.2, 0) is 5.41 Å². The minimum Gasteiger partial charge on any atom is -0.481 e. The normalized spacial score (nSPS) is 11.9. The van der Waals surface area contributed by atoms with Crippen molar-refractivity contribution in [1.29, 1.82) is 0 Å². The first-order valence-electron chi connectivity index (χ1n) is 5.00. The van der Waals surface area contributed by atoms with Gasteiger partial charge in [0.05, 0.1) is 12.8 Å². The Labute approximate surface area is 86.3 Å². The van der Waals surface area contributed by atoms with Crippen molar-refractivity contribution in [3.8, 4) is 5.88 Å². The lowest BCUT2D eigenvalue weighted by Crippen LogP contribution is -2.25. The van der Waals surface area contributed by atoms with Crippen molar-refractivity contribution >= 4 is 0 Å². The lowest BCUT2D eigenvalue weighted by Gasteiger charge is -2.28. The predicted octanol–water partition coefficient (Wildman–Crippen LogP) is 3.02. The van der Waals surface area contributed by atoms with Gasteiger partial charge in [0.1, 0.15) is 0 Å². The van der Waals surface area contributed by atoms with Gasteiger partial charge in [-0.1, -0.05) is 33.8 Å². The van der Waals surface area contributed by atoms with Crippen LogP contribution in [0.1, 0.15) is 33.4 Å². The minimum atomic E-state index is 0.0918. The van der Waals surface area contributed by atoms with Crippen LogP contribution in [-0.4, -0.2) is 12.1 Å². The largest absolute Gasteiger partial charge is 0.481 e. The smallest absolute Gasteiger partial charge is 0.213 e. The van der Waals surface area contributed by atoms with E-state index in [0.717, 1.165) is 5.69 Å².